The number of rotatable bonds is 4. The summed E-state index contributed by atoms with van der Waals surface area (Å²) in [5.74, 6) is 0.0719. The first-order chi connectivity index (χ1) is 7.94. The van der Waals surface area contributed by atoms with E-state index in [1.54, 1.807) is 18.2 Å². The van der Waals surface area contributed by atoms with Crippen LogP contribution in [0.25, 0.3) is 0 Å². The molecule has 6 nitrogen and oxygen atoms in total. The Morgan fingerprint density at radius 1 is 1.29 bits per heavy atom. The zero-order valence-corrected chi connectivity index (χ0v) is 9.83. The molecule has 0 atom stereocenters. The third-order valence-electron chi connectivity index (χ3n) is 2.34. The minimum Gasteiger partial charge on any atom is -0.326 e. The summed E-state index contributed by atoms with van der Waals surface area (Å²) in [6.45, 7) is 0. The van der Waals surface area contributed by atoms with Crippen molar-refractivity contribution in [3.05, 3.63) is 24.3 Å². The highest BCUT2D eigenvalue weighted by Gasteiger charge is 2.29. The Bertz CT molecular complexity index is 537. The van der Waals surface area contributed by atoms with E-state index in [0.717, 1.165) is 12.8 Å². The van der Waals surface area contributed by atoms with Crippen molar-refractivity contribution in [3.8, 4) is 0 Å². The molecule has 0 heterocycles. The maximum absolute atomic E-state index is 11.5. The maximum Gasteiger partial charge on any atom is 0.296 e. The van der Waals surface area contributed by atoms with Crippen LogP contribution in [0.15, 0.2) is 24.3 Å². The van der Waals surface area contributed by atoms with Gasteiger partial charge in [0, 0.05) is 11.6 Å². The second-order valence-electron chi connectivity index (χ2n) is 3.99. The number of anilines is 2. The zero-order valence-electron chi connectivity index (χ0n) is 9.01. The normalized spacial score (nSPS) is 15.4. The summed E-state index contributed by atoms with van der Waals surface area (Å²) in [6.07, 6.45) is 1.84. The molecule has 0 aliphatic heterocycles. The number of hydrogen-bond donors (Lipinski definition) is 3. The van der Waals surface area contributed by atoms with Crippen LogP contribution in [0.2, 0.25) is 0 Å². The Morgan fingerprint density at radius 2 is 1.94 bits per heavy atom. The lowest BCUT2D eigenvalue weighted by atomic mass is 10.2. The Labute approximate surface area is 99.4 Å². The third kappa shape index (κ3) is 3.72. The molecule has 1 aromatic carbocycles. The topological polar surface area (TPSA) is 101 Å². The molecular formula is C10H13N3O3S. The van der Waals surface area contributed by atoms with Gasteiger partial charge in [0.15, 0.2) is 0 Å². The van der Waals surface area contributed by atoms with Crippen LogP contribution in [0.5, 0.6) is 0 Å². The van der Waals surface area contributed by atoms with Gasteiger partial charge < -0.3 is 5.32 Å². The summed E-state index contributed by atoms with van der Waals surface area (Å²) in [6, 6.07) is 6.40. The summed E-state index contributed by atoms with van der Waals surface area (Å²) in [7, 11) is -3.79. The van der Waals surface area contributed by atoms with E-state index >= 15 is 0 Å². The molecular weight excluding hydrogens is 242 g/mol. The van der Waals surface area contributed by atoms with Gasteiger partial charge >= 0.3 is 0 Å². The van der Waals surface area contributed by atoms with Crippen molar-refractivity contribution in [3.63, 3.8) is 0 Å². The second kappa shape index (κ2) is 4.34. The number of benzene rings is 1. The van der Waals surface area contributed by atoms with Crippen LogP contribution in [0.4, 0.5) is 11.4 Å². The molecule has 1 amide bonds. The van der Waals surface area contributed by atoms with Crippen molar-refractivity contribution in [2.45, 2.75) is 12.8 Å². The quantitative estimate of drug-likeness (QED) is 0.736. The van der Waals surface area contributed by atoms with Crippen molar-refractivity contribution in [2.24, 2.45) is 11.1 Å². The molecule has 2 rings (SSSR count). The molecule has 1 aliphatic carbocycles. The van der Waals surface area contributed by atoms with E-state index in [4.69, 9.17) is 5.14 Å². The van der Waals surface area contributed by atoms with Gasteiger partial charge in [0.05, 0.1) is 5.69 Å². The molecule has 0 saturated heterocycles. The van der Waals surface area contributed by atoms with Crippen molar-refractivity contribution in [1.82, 2.24) is 0 Å². The second-order valence-corrected chi connectivity index (χ2v) is 5.29. The van der Waals surface area contributed by atoms with E-state index in [0.29, 0.717) is 11.4 Å². The zero-order chi connectivity index (χ0) is 12.5. The van der Waals surface area contributed by atoms with Crippen molar-refractivity contribution in [2.75, 3.05) is 10.0 Å². The molecule has 0 bridgehead atoms. The van der Waals surface area contributed by atoms with Crippen LogP contribution in [0, 0.1) is 5.92 Å². The fourth-order valence-electron chi connectivity index (χ4n) is 1.41. The lowest BCUT2D eigenvalue weighted by Gasteiger charge is -2.07. The number of amides is 1. The third-order valence-corrected chi connectivity index (χ3v) is 2.86. The van der Waals surface area contributed by atoms with E-state index in [2.05, 4.69) is 10.0 Å². The average Bonchev–Trinajstić information content (AvgIpc) is 2.97. The van der Waals surface area contributed by atoms with Gasteiger partial charge in [0.2, 0.25) is 5.91 Å². The van der Waals surface area contributed by atoms with Gasteiger partial charge in [-0.1, -0.05) is 6.07 Å². The van der Waals surface area contributed by atoms with Crippen molar-refractivity contribution < 1.29 is 13.2 Å². The molecule has 1 fully saturated rings. The van der Waals surface area contributed by atoms with E-state index < -0.39 is 10.2 Å². The summed E-state index contributed by atoms with van der Waals surface area (Å²) in [5.41, 5.74) is 0.872. The number of hydrogen-bond acceptors (Lipinski definition) is 3. The highest BCUT2D eigenvalue weighted by Crippen LogP contribution is 2.30. The minimum atomic E-state index is -3.79. The monoisotopic (exact) mass is 255 g/mol. The van der Waals surface area contributed by atoms with E-state index in [9.17, 15) is 13.2 Å². The standard InChI is InChI=1S/C10H13N3O3S/c11-17(15,16)13-9-3-1-2-8(6-9)12-10(14)7-4-5-7/h1-3,6-7,13H,4-5H2,(H,12,14)(H2,11,15,16). The van der Waals surface area contributed by atoms with Crippen LogP contribution < -0.4 is 15.2 Å². The van der Waals surface area contributed by atoms with E-state index in [-0.39, 0.29) is 11.8 Å². The Hall–Kier alpha value is -1.60. The first kappa shape index (κ1) is 11.9. The number of carbonyl (C=O) groups excluding carboxylic acids is 1. The Morgan fingerprint density at radius 3 is 2.53 bits per heavy atom. The minimum absolute atomic E-state index is 0.0299. The molecule has 17 heavy (non-hydrogen) atoms. The molecule has 0 aromatic heterocycles. The van der Waals surface area contributed by atoms with Crippen LogP contribution in [-0.2, 0) is 15.0 Å². The largest absolute Gasteiger partial charge is 0.326 e. The fraction of sp³-hybridized carbons (Fsp3) is 0.300. The number of carbonyl (C=O) groups is 1. The molecule has 7 heteroatoms. The fourth-order valence-corrected chi connectivity index (χ4v) is 1.87. The summed E-state index contributed by atoms with van der Waals surface area (Å²) < 4.78 is 23.8. The lowest BCUT2D eigenvalue weighted by molar-refractivity contribution is -0.117. The summed E-state index contributed by atoms with van der Waals surface area (Å²) >= 11 is 0. The predicted octanol–water partition coefficient (Wildman–Crippen LogP) is 0.650. The van der Waals surface area contributed by atoms with Gasteiger partial charge in [-0.25, -0.2) is 5.14 Å². The molecule has 92 valence electrons. The molecule has 0 radical (unpaired) electrons. The van der Waals surface area contributed by atoms with Crippen LogP contribution in [-0.4, -0.2) is 14.3 Å². The van der Waals surface area contributed by atoms with Gasteiger partial charge in [0.25, 0.3) is 10.2 Å². The van der Waals surface area contributed by atoms with Gasteiger partial charge in [-0.05, 0) is 31.0 Å². The SMILES string of the molecule is NS(=O)(=O)Nc1cccc(NC(=O)C2CC2)c1. The predicted molar refractivity (Wildman–Crippen MR) is 64.5 cm³/mol. The van der Waals surface area contributed by atoms with Crippen molar-refractivity contribution in [1.29, 1.82) is 0 Å². The average molecular weight is 255 g/mol. The highest BCUT2D eigenvalue weighted by atomic mass is 32.2. The number of nitrogens with two attached hydrogens (primary N) is 1. The Balaban J connectivity index is 2.08. The highest BCUT2D eigenvalue weighted by molar-refractivity contribution is 7.90. The van der Waals surface area contributed by atoms with Crippen LogP contribution in [0.1, 0.15) is 12.8 Å². The maximum atomic E-state index is 11.5. The van der Waals surface area contributed by atoms with E-state index in [1.165, 1.54) is 6.07 Å². The molecule has 1 aliphatic rings. The summed E-state index contributed by atoms with van der Waals surface area (Å²) in [4.78, 5) is 11.5. The molecule has 1 saturated carbocycles. The molecule has 0 unspecified atom stereocenters. The Kier molecular flexibility index (Phi) is 3.03. The van der Waals surface area contributed by atoms with Gasteiger partial charge in [-0.3, -0.25) is 9.52 Å². The first-order valence-corrected chi connectivity index (χ1v) is 6.70. The van der Waals surface area contributed by atoms with Crippen molar-refractivity contribution >= 4 is 27.5 Å². The van der Waals surface area contributed by atoms with Gasteiger partial charge in [-0.15, -0.1) is 0 Å². The lowest BCUT2D eigenvalue weighted by Crippen LogP contribution is -2.21. The molecule has 0 spiro atoms. The number of nitrogens with one attached hydrogen (secondary N) is 2. The van der Waals surface area contributed by atoms with Crippen LogP contribution in [0.3, 0.4) is 0 Å². The smallest absolute Gasteiger partial charge is 0.296 e. The summed E-state index contributed by atoms with van der Waals surface area (Å²) in [5, 5.41) is 7.57. The molecule has 1 aromatic rings. The first-order valence-electron chi connectivity index (χ1n) is 5.15. The van der Waals surface area contributed by atoms with E-state index in [1.807, 2.05) is 0 Å². The molecule has 4 N–H and O–H groups in total. The van der Waals surface area contributed by atoms with Gasteiger partial charge in [0.1, 0.15) is 0 Å². The van der Waals surface area contributed by atoms with Gasteiger partial charge in [-0.2, -0.15) is 8.42 Å². The van der Waals surface area contributed by atoms with Crippen LogP contribution >= 0.6 is 0 Å².